The van der Waals surface area contributed by atoms with Gasteiger partial charge in [0.25, 0.3) is 0 Å². The summed E-state index contributed by atoms with van der Waals surface area (Å²) < 4.78 is 0. The maximum absolute atomic E-state index is 11.4. The standard InChI is InChI=1S/C18H21NO2/c1-11(2)13-7-8-14(16(10-13)12(3)4)15-6-5-9-19-17(15)18(20)21/h5-12H,1-4H3,(H,20,21). The van der Waals surface area contributed by atoms with Gasteiger partial charge < -0.3 is 5.11 Å². The lowest BCUT2D eigenvalue weighted by atomic mass is 9.88. The Balaban J connectivity index is 2.67. The highest BCUT2D eigenvalue weighted by Crippen LogP contribution is 2.33. The summed E-state index contributed by atoms with van der Waals surface area (Å²) in [7, 11) is 0. The Morgan fingerprint density at radius 3 is 2.33 bits per heavy atom. The van der Waals surface area contributed by atoms with Crippen molar-refractivity contribution in [3.05, 3.63) is 53.3 Å². The number of pyridine rings is 1. The number of rotatable bonds is 4. The molecule has 21 heavy (non-hydrogen) atoms. The van der Waals surface area contributed by atoms with Crippen LogP contribution in [0, 0.1) is 0 Å². The number of carboxylic acids is 1. The molecular formula is C18H21NO2. The molecule has 0 saturated carbocycles. The molecule has 110 valence electrons. The van der Waals surface area contributed by atoms with E-state index in [0.29, 0.717) is 17.4 Å². The Bertz CT molecular complexity index is 660. The highest BCUT2D eigenvalue weighted by molar-refractivity contribution is 5.94. The second-order valence-corrected chi connectivity index (χ2v) is 5.86. The molecule has 0 bridgehead atoms. The number of hydrogen-bond donors (Lipinski definition) is 1. The molecule has 3 heteroatoms. The molecule has 0 aliphatic carbocycles. The lowest BCUT2D eigenvalue weighted by molar-refractivity contribution is 0.0691. The number of aromatic carboxylic acids is 1. The van der Waals surface area contributed by atoms with Crippen molar-refractivity contribution in [3.8, 4) is 11.1 Å². The van der Waals surface area contributed by atoms with Gasteiger partial charge in [0.2, 0.25) is 0 Å². The first kappa shape index (κ1) is 15.2. The first-order chi connectivity index (χ1) is 9.91. The molecular weight excluding hydrogens is 262 g/mol. The largest absolute Gasteiger partial charge is 0.476 e. The molecule has 0 fully saturated rings. The quantitative estimate of drug-likeness (QED) is 0.885. The van der Waals surface area contributed by atoms with Crippen LogP contribution >= 0.6 is 0 Å². The average Bonchev–Trinajstić information content (AvgIpc) is 2.46. The van der Waals surface area contributed by atoms with Crippen molar-refractivity contribution in [2.45, 2.75) is 39.5 Å². The van der Waals surface area contributed by atoms with Gasteiger partial charge in [-0.15, -0.1) is 0 Å². The van der Waals surface area contributed by atoms with E-state index in [2.05, 4.69) is 44.8 Å². The molecule has 0 saturated heterocycles. The first-order valence-electron chi connectivity index (χ1n) is 7.24. The third-order valence-corrected chi connectivity index (χ3v) is 3.66. The number of carbonyl (C=O) groups is 1. The van der Waals surface area contributed by atoms with Gasteiger partial charge in [0, 0.05) is 11.8 Å². The molecule has 0 amide bonds. The van der Waals surface area contributed by atoms with Crippen molar-refractivity contribution >= 4 is 5.97 Å². The monoisotopic (exact) mass is 283 g/mol. The van der Waals surface area contributed by atoms with Gasteiger partial charge >= 0.3 is 5.97 Å². The van der Waals surface area contributed by atoms with Crippen molar-refractivity contribution < 1.29 is 9.90 Å². The summed E-state index contributed by atoms with van der Waals surface area (Å²) in [5.41, 5.74) is 4.18. The van der Waals surface area contributed by atoms with Crippen LogP contribution in [0.1, 0.15) is 61.1 Å². The summed E-state index contributed by atoms with van der Waals surface area (Å²) in [5, 5.41) is 9.34. The van der Waals surface area contributed by atoms with E-state index >= 15 is 0 Å². The lowest BCUT2D eigenvalue weighted by Gasteiger charge is -2.17. The fourth-order valence-electron chi connectivity index (χ4n) is 2.46. The molecule has 1 N–H and O–H groups in total. The molecule has 2 aromatic rings. The van der Waals surface area contributed by atoms with Gasteiger partial charge in [-0.3, -0.25) is 0 Å². The van der Waals surface area contributed by atoms with Gasteiger partial charge in [0.05, 0.1) is 0 Å². The van der Waals surface area contributed by atoms with E-state index in [1.165, 1.54) is 11.8 Å². The normalized spacial score (nSPS) is 11.1. The third kappa shape index (κ3) is 3.13. The average molecular weight is 283 g/mol. The number of carboxylic acid groups (broad SMARTS) is 1. The molecule has 0 unspecified atom stereocenters. The zero-order valence-electron chi connectivity index (χ0n) is 12.9. The number of aromatic nitrogens is 1. The maximum atomic E-state index is 11.4. The topological polar surface area (TPSA) is 50.2 Å². The summed E-state index contributed by atoms with van der Waals surface area (Å²) in [5.74, 6) is -0.224. The van der Waals surface area contributed by atoms with Crippen molar-refractivity contribution in [2.75, 3.05) is 0 Å². The van der Waals surface area contributed by atoms with E-state index in [-0.39, 0.29) is 5.69 Å². The fraction of sp³-hybridized carbons (Fsp3) is 0.333. The summed E-state index contributed by atoms with van der Waals surface area (Å²) in [6, 6.07) is 9.89. The second kappa shape index (κ2) is 6.08. The Morgan fingerprint density at radius 1 is 1.05 bits per heavy atom. The highest BCUT2D eigenvalue weighted by atomic mass is 16.4. The SMILES string of the molecule is CC(C)c1ccc(-c2cccnc2C(=O)O)c(C(C)C)c1. The summed E-state index contributed by atoms with van der Waals surface area (Å²) in [4.78, 5) is 15.4. The Kier molecular flexibility index (Phi) is 4.41. The third-order valence-electron chi connectivity index (χ3n) is 3.66. The van der Waals surface area contributed by atoms with Gasteiger partial charge in [-0.2, -0.15) is 0 Å². The molecule has 1 aromatic carbocycles. The molecule has 1 heterocycles. The predicted octanol–water partition coefficient (Wildman–Crippen LogP) is 4.69. The Morgan fingerprint density at radius 2 is 1.76 bits per heavy atom. The maximum Gasteiger partial charge on any atom is 0.355 e. The molecule has 0 atom stereocenters. The van der Waals surface area contributed by atoms with E-state index in [1.54, 1.807) is 6.07 Å². The molecule has 3 nitrogen and oxygen atoms in total. The van der Waals surface area contributed by atoms with E-state index in [4.69, 9.17) is 0 Å². The minimum Gasteiger partial charge on any atom is -0.476 e. The molecule has 0 aliphatic rings. The lowest BCUT2D eigenvalue weighted by Crippen LogP contribution is -2.05. The molecule has 0 radical (unpaired) electrons. The summed E-state index contributed by atoms with van der Waals surface area (Å²) >= 11 is 0. The summed E-state index contributed by atoms with van der Waals surface area (Å²) in [6.07, 6.45) is 1.52. The van der Waals surface area contributed by atoms with Crippen LogP contribution in [-0.2, 0) is 0 Å². The van der Waals surface area contributed by atoms with Crippen molar-refractivity contribution in [1.29, 1.82) is 0 Å². The van der Waals surface area contributed by atoms with Crippen LogP contribution in [-0.4, -0.2) is 16.1 Å². The van der Waals surface area contributed by atoms with Crippen molar-refractivity contribution in [3.63, 3.8) is 0 Å². The van der Waals surface area contributed by atoms with Crippen LogP contribution in [0.3, 0.4) is 0 Å². The molecule has 0 spiro atoms. The highest BCUT2D eigenvalue weighted by Gasteiger charge is 2.17. The second-order valence-electron chi connectivity index (χ2n) is 5.86. The van der Waals surface area contributed by atoms with Gasteiger partial charge in [-0.1, -0.05) is 52.0 Å². The van der Waals surface area contributed by atoms with Crippen LogP contribution in [0.4, 0.5) is 0 Å². The van der Waals surface area contributed by atoms with Crippen molar-refractivity contribution in [2.24, 2.45) is 0 Å². The zero-order chi connectivity index (χ0) is 15.6. The van der Waals surface area contributed by atoms with Gasteiger partial charge in [0.1, 0.15) is 0 Å². The van der Waals surface area contributed by atoms with Gasteiger partial charge in [-0.25, -0.2) is 9.78 Å². The zero-order valence-corrected chi connectivity index (χ0v) is 12.9. The van der Waals surface area contributed by atoms with Gasteiger partial charge in [0.15, 0.2) is 5.69 Å². The Labute approximate surface area is 125 Å². The van der Waals surface area contributed by atoms with Crippen LogP contribution < -0.4 is 0 Å². The molecule has 2 rings (SSSR count). The van der Waals surface area contributed by atoms with E-state index in [0.717, 1.165) is 11.1 Å². The van der Waals surface area contributed by atoms with Crippen LogP contribution in [0.2, 0.25) is 0 Å². The summed E-state index contributed by atoms with van der Waals surface area (Å²) in [6.45, 7) is 8.57. The van der Waals surface area contributed by atoms with E-state index in [9.17, 15) is 9.90 Å². The number of hydrogen-bond acceptors (Lipinski definition) is 2. The minimum atomic E-state index is -0.992. The van der Waals surface area contributed by atoms with Crippen LogP contribution in [0.5, 0.6) is 0 Å². The van der Waals surface area contributed by atoms with E-state index in [1.807, 2.05) is 12.1 Å². The number of benzene rings is 1. The first-order valence-corrected chi connectivity index (χ1v) is 7.24. The van der Waals surface area contributed by atoms with E-state index < -0.39 is 5.97 Å². The number of nitrogens with zero attached hydrogens (tertiary/aromatic N) is 1. The van der Waals surface area contributed by atoms with Crippen LogP contribution in [0.15, 0.2) is 36.5 Å². The molecule has 1 aromatic heterocycles. The molecule has 0 aliphatic heterocycles. The predicted molar refractivity (Wildman–Crippen MR) is 84.8 cm³/mol. The smallest absolute Gasteiger partial charge is 0.355 e. The Hall–Kier alpha value is -2.16. The fourth-order valence-corrected chi connectivity index (χ4v) is 2.46. The van der Waals surface area contributed by atoms with Crippen LogP contribution in [0.25, 0.3) is 11.1 Å². The minimum absolute atomic E-state index is 0.108. The van der Waals surface area contributed by atoms with Crippen molar-refractivity contribution in [1.82, 2.24) is 4.98 Å². The van der Waals surface area contributed by atoms with Gasteiger partial charge in [-0.05, 0) is 34.6 Å².